The van der Waals surface area contributed by atoms with Crippen LogP contribution in [0.15, 0.2) is 60.9 Å². The zero-order valence-corrected chi connectivity index (χ0v) is 15.8. The SMILES string of the molecule is CC(C)(C(=O)N1CCN(C(=O)C=Cc2cccnc2)CC1)c1ccccc1. The van der Waals surface area contributed by atoms with Gasteiger partial charge in [-0.1, -0.05) is 36.4 Å². The number of nitrogens with zero attached hydrogens (tertiary/aromatic N) is 3. The Balaban J connectivity index is 1.57. The van der Waals surface area contributed by atoms with Crippen molar-refractivity contribution in [2.45, 2.75) is 19.3 Å². The van der Waals surface area contributed by atoms with Gasteiger partial charge in [-0.05, 0) is 37.1 Å². The molecule has 1 aliphatic rings. The molecule has 0 aliphatic carbocycles. The van der Waals surface area contributed by atoms with Gasteiger partial charge in [-0.15, -0.1) is 0 Å². The first-order chi connectivity index (χ1) is 13.0. The quantitative estimate of drug-likeness (QED) is 0.785. The molecule has 0 atom stereocenters. The van der Waals surface area contributed by atoms with E-state index < -0.39 is 5.41 Å². The maximum atomic E-state index is 13.0. The van der Waals surface area contributed by atoms with Crippen molar-refractivity contribution in [3.8, 4) is 0 Å². The highest BCUT2D eigenvalue weighted by Gasteiger charge is 2.35. The summed E-state index contributed by atoms with van der Waals surface area (Å²) in [6.07, 6.45) is 6.76. The fourth-order valence-corrected chi connectivity index (χ4v) is 3.25. The molecule has 3 rings (SSSR count). The standard InChI is InChI=1S/C22H25N3O2/c1-22(2,19-8-4-3-5-9-19)21(27)25-15-13-24(14-16-25)20(26)11-10-18-7-6-12-23-17-18/h3-12,17H,13-16H2,1-2H3. The lowest BCUT2D eigenvalue weighted by molar-refractivity contribution is -0.141. The lowest BCUT2D eigenvalue weighted by Crippen LogP contribution is -2.54. The van der Waals surface area contributed by atoms with Crippen molar-refractivity contribution in [3.05, 3.63) is 72.1 Å². The number of carbonyl (C=O) groups is 2. The summed E-state index contributed by atoms with van der Waals surface area (Å²) < 4.78 is 0. The topological polar surface area (TPSA) is 53.5 Å². The number of benzene rings is 1. The van der Waals surface area contributed by atoms with Gasteiger partial charge in [0.05, 0.1) is 5.41 Å². The van der Waals surface area contributed by atoms with Gasteiger partial charge in [0.25, 0.3) is 0 Å². The van der Waals surface area contributed by atoms with Gasteiger partial charge in [0, 0.05) is 44.6 Å². The molecule has 2 heterocycles. The van der Waals surface area contributed by atoms with E-state index in [1.54, 1.807) is 29.4 Å². The third-order valence-electron chi connectivity index (χ3n) is 5.01. The van der Waals surface area contributed by atoms with Crippen molar-refractivity contribution in [1.82, 2.24) is 14.8 Å². The van der Waals surface area contributed by atoms with Crippen LogP contribution in [0.2, 0.25) is 0 Å². The summed E-state index contributed by atoms with van der Waals surface area (Å²) in [6.45, 7) is 6.13. The second-order valence-electron chi connectivity index (χ2n) is 7.23. The van der Waals surface area contributed by atoms with Crippen LogP contribution in [0.3, 0.4) is 0 Å². The van der Waals surface area contributed by atoms with Gasteiger partial charge in [0.2, 0.25) is 11.8 Å². The average Bonchev–Trinajstić information content (AvgIpc) is 2.73. The van der Waals surface area contributed by atoms with E-state index in [1.165, 1.54) is 0 Å². The van der Waals surface area contributed by atoms with E-state index >= 15 is 0 Å². The van der Waals surface area contributed by atoms with Crippen LogP contribution in [0.5, 0.6) is 0 Å². The third kappa shape index (κ3) is 4.42. The van der Waals surface area contributed by atoms with E-state index in [0.29, 0.717) is 26.2 Å². The van der Waals surface area contributed by atoms with Crippen molar-refractivity contribution in [2.75, 3.05) is 26.2 Å². The molecule has 2 aromatic rings. The summed E-state index contributed by atoms with van der Waals surface area (Å²) in [6, 6.07) is 13.6. The Labute approximate surface area is 160 Å². The first-order valence-corrected chi connectivity index (χ1v) is 9.20. The predicted octanol–water partition coefficient (Wildman–Crippen LogP) is 2.74. The van der Waals surface area contributed by atoms with E-state index in [2.05, 4.69) is 4.98 Å². The second kappa shape index (κ2) is 8.16. The largest absolute Gasteiger partial charge is 0.338 e. The Hall–Kier alpha value is -2.95. The van der Waals surface area contributed by atoms with Crippen LogP contribution in [0.4, 0.5) is 0 Å². The fourth-order valence-electron chi connectivity index (χ4n) is 3.25. The van der Waals surface area contributed by atoms with E-state index in [0.717, 1.165) is 11.1 Å². The Kier molecular flexibility index (Phi) is 5.69. The van der Waals surface area contributed by atoms with Crippen LogP contribution in [0.25, 0.3) is 6.08 Å². The second-order valence-corrected chi connectivity index (χ2v) is 7.23. The molecule has 1 aromatic heterocycles. The smallest absolute Gasteiger partial charge is 0.246 e. The Morgan fingerprint density at radius 3 is 2.26 bits per heavy atom. The van der Waals surface area contributed by atoms with Gasteiger partial charge in [-0.3, -0.25) is 14.6 Å². The van der Waals surface area contributed by atoms with E-state index in [9.17, 15) is 9.59 Å². The first kappa shape index (κ1) is 18.8. The molecule has 1 aliphatic heterocycles. The van der Waals surface area contributed by atoms with E-state index in [4.69, 9.17) is 0 Å². The Morgan fingerprint density at radius 1 is 0.963 bits per heavy atom. The van der Waals surface area contributed by atoms with Crippen molar-refractivity contribution < 1.29 is 9.59 Å². The van der Waals surface area contributed by atoms with Crippen molar-refractivity contribution in [2.24, 2.45) is 0 Å². The van der Waals surface area contributed by atoms with Crippen LogP contribution >= 0.6 is 0 Å². The molecule has 0 saturated carbocycles. The summed E-state index contributed by atoms with van der Waals surface area (Å²) in [7, 11) is 0. The van der Waals surface area contributed by atoms with Crippen molar-refractivity contribution in [1.29, 1.82) is 0 Å². The first-order valence-electron chi connectivity index (χ1n) is 9.20. The van der Waals surface area contributed by atoms with Gasteiger partial charge < -0.3 is 9.80 Å². The zero-order chi connectivity index (χ0) is 19.3. The summed E-state index contributed by atoms with van der Waals surface area (Å²) in [5.74, 6) is 0.0694. The molecule has 2 amide bonds. The summed E-state index contributed by atoms with van der Waals surface area (Å²) in [5.41, 5.74) is 1.32. The molecule has 1 fully saturated rings. The molecule has 0 spiro atoms. The molecule has 5 heteroatoms. The monoisotopic (exact) mass is 363 g/mol. The predicted molar refractivity (Wildman–Crippen MR) is 106 cm³/mol. The number of rotatable bonds is 4. The summed E-state index contributed by atoms with van der Waals surface area (Å²) in [4.78, 5) is 33.1. The molecular weight excluding hydrogens is 338 g/mol. The maximum Gasteiger partial charge on any atom is 0.246 e. The molecule has 140 valence electrons. The van der Waals surface area contributed by atoms with Crippen molar-refractivity contribution in [3.63, 3.8) is 0 Å². The molecule has 0 radical (unpaired) electrons. The summed E-state index contributed by atoms with van der Waals surface area (Å²) in [5, 5.41) is 0. The highest BCUT2D eigenvalue weighted by atomic mass is 16.2. The van der Waals surface area contributed by atoms with E-state index in [1.807, 2.05) is 61.2 Å². The Bertz CT molecular complexity index is 808. The molecule has 0 unspecified atom stereocenters. The van der Waals surface area contributed by atoms with Gasteiger partial charge in [-0.25, -0.2) is 0 Å². The van der Waals surface area contributed by atoms with Crippen LogP contribution in [-0.4, -0.2) is 52.8 Å². The highest BCUT2D eigenvalue weighted by Crippen LogP contribution is 2.26. The lowest BCUT2D eigenvalue weighted by atomic mass is 9.83. The molecule has 5 nitrogen and oxygen atoms in total. The van der Waals surface area contributed by atoms with Crippen LogP contribution in [-0.2, 0) is 15.0 Å². The van der Waals surface area contributed by atoms with Crippen LogP contribution in [0.1, 0.15) is 25.0 Å². The van der Waals surface area contributed by atoms with Gasteiger partial charge in [0.1, 0.15) is 0 Å². The minimum absolute atomic E-state index is 0.0340. The van der Waals surface area contributed by atoms with Crippen LogP contribution < -0.4 is 0 Å². The normalized spacial score (nSPS) is 15.2. The Morgan fingerprint density at radius 2 is 1.63 bits per heavy atom. The van der Waals surface area contributed by atoms with E-state index in [-0.39, 0.29) is 11.8 Å². The number of amides is 2. The van der Waals surface area contributed by atoms with Crippen molar-refractivity contribution >= 4 is 17.9 Å². The number of pyridine rings is 1. The minimum Gasteiger partial charge on any atom is -0.338 e. The van der Waals surface area contributed by atoms with Gasteiger partial charge >= 0.3 is 0 Å². The number of piperazine rings is 1. The zero-order valence-electron chi connectivity index (χ0n) is 15.8. The molecule has 0 bridgehead atoms. The number of hydrogen-bond acceptors (Lipinski definition) is 3. The fraction of sp³-hybridized carbons (Fsp3) is 0.318. The summed E-state index contributed by atoms with van der Waals surface area (Å²) >= 11 is 0. The molecular formula is C22H25N3O2. The average molecular weight is 363 g/mol. The highest BCUT2D eigenvalue weighted by molar-refractivity contribution is 5.92. The molecule has 0 N–H and O–H groups in total. The third-order valence-corrected chi connectivity index (χ3v) is 5.01. The number of aromatic nitrogens is 1. The van der Waals surface area contributed by atoms with Crippen LogP contribution in [0, 0.1) is 0 Å². The number of carbonyl (C=O) groups excluding carboxylic acids is 2. The molecule has 27 heavy (non-hydrogen) atoms. The minimum atomic E-state index is -0.576. The molecule has 1 aromatic carbocycles. The molecule has 1 saturated heterocycles. The van der Waals surface area contributed by atoms with Gasteiger partial charge in [0.15, 0.2) is 0 Å². The number of hydrogen-bond donors (Lipinski definition) is 0. The lowest BCUT2D eigenvalue weighted by Gasteiger charge is -2.38. The van der Waals surface area contributed by atoms with Gasteiger partial charge in [-0.2, -0.15) is 0 Å². The maximum absolute atomic E-state index is 13.0.